The Balaban J connectivity index is 1.30. The second-order valence-electron chi connectivity index (χ2n) is 7.14. The number of fused-ring (bicyclic) bond motifs is 2. The highest BCUT2D eigenvalue weighted by molar-refractivity contribution is 7.22. The minimum atomic E-state index is 0.663. The predicted octanol–water partition coefficient (Wildman–Crippen LogP) is 5.82. The third kappa shape index (κ3) is 3.55. The van der Waals surface area contributed by atoms with E-state index in [1.54, 1.807) is 0 Å². The van der Waals surface area contributed by atoms with Crippen molar-refractivity contribution in [1.29, 1.82) is 0 Å². The van der Waals surface area contributed by atoms with Gasteiger partial charge in [0.05, 0.1) is 27.6 Å². The lowest BCUT2D eigenvalue weighted by Crippen LogP contribution is -2.18. The van der Waals surface area contributed by atoms with Gasteiger partial charge in [-0.2, -0.15) is 5.10 Å². The number of hydrogen-bond acceptors (Lipinski definition) is 6. The topological polar surface area (TPSA) is 69.5 Å². The standard InChI is InChI=1S/C20H20N6S/c1-26(9-8-13-2-3-13)16-6-4-15(5-7-16)23-25-20-22-18-11-17-14(12-21-24-17)10-19(18)27-20/h4-7,10-13H,2-3,8-9H2,1H3,(H,21,24). The molecule has 0 saturated heterocycles. The van der Waals surface area contributed by atoms with Crippen molar-refractivity contribution in [1.82, 2.24) is 15.2 Å². The van der Waals surface area contributed by atoms with Crippen molar-refractivity contribution in [2.75, 3.05) is 18.5 Å². The molecule has 1 fully saturated rings. The highest BCUT2D eigenvalue weighted by Crippen LogP contribution is 2.33. The molecule has 1 aliphatic rings. The van der Waals surface area contributed by atoms with Gasteiger partial charge in [-0.05, 0) is 48.7 Å². The summed E-state index contributed by atoms with van der Waals surface area (Å²) in [6.45, 7) is 1.11. The number of nitrogens with zero attached hydrogens (tertiary/aromatic N) is 5. The summed E-state index contributed by atoms with van der Waals surface area (Å²) in [7, 11) is 2.15. The number of rotatable bonds is 6. The average molecular weight is 376 g/mol. The van der Waals surface area contributed by atoms with Gasteiger partial charge >= 0.3 is 0 Å². The van der Waals surface area contributed by atoms with Crippen LogP contribution in [0.4, 0.5) is 16.5 Å². The van der Waals surface area contributed by atoms with Crippen molar-refractivity contribution in [2.24, 2.45) is 16.1 Å². The fraction of sp³-hybridized carbons (Fsp3) is 0.300. The van der Waals surface area contributed by atoms with E-state index in [-0.39, 0.29) is 0 Å². The number of aromatic amines is 1. The van der Waals surface area contributed by atoms with Crippen LogP contribution in [0.5, 0.6) is 0 Å². The molecule has 0 bridgehead atoms. The van der Waals surface area contributed by atoms with E-state index in [0.717, 1.165) is 39.3 Å². The van der Waals surface area contributed by atoms with Crippen LogP contribution in [-0.2, 0) is 0 Å². The summed E-state index contributed by atoms with van der Waals surface area (Å²) in [5, 5.41) is 17.4. The normalized spacial score (nSPS) is 14.6. The molecular formula is C20H20N6S. The summed E-state index contributed by atoms with van der Waals surface area (Å²) in [5.74, 6) is 0.957. The minimum Gasteiger partial charge on any atom is -0.375 e. The van der Waals surface area contributed by atoms with E-state index in [1.807, 2.05) is 24.4 Å². The van der Waals surface area contributed by atoms with E-state index in [2.05, 4.69) is 55.6 Å². The van der Waals surface area contributed by atoms with Crippen LogP contribution in [0.25, 0.3) is 21.1 Å². The van der Waals surface area contributed by atoms with Crippen LogP contribution in [0, 0.1) is 5.92 Å². The summed E-state index contributed by atoms with van der Waals surface area (Å²) in [5.41, 5.74) is 3.96. The lowest BCUT2D eigenvalue weighted by atomic mass is 10.2. The molecule has 7 heteroatoms. The van der Waals surface area contributed by atoms with Crippen molar-refractivity contribution < 1.29 is 0 Å². The highest BCUT2D eigenvalue weighted by atomic mass is 32.1. The molecule has 1 aliphatic carbocycles. The molecule has 0 unspecified atom stereocenters. The third-order valence-electron chi connectivity index (χ3n) is 5.05. The summed E-state index contributed by atoms with van der Waals surface area (Å²) in [6, 6.07) is 12.3. The van der Waals surface area contributed by atoms with E-state index in [9.17, 15) is 0 Å². The zero-order chi connectivity index (χ0) is 18.2. The summed E-state index contributed by atoms with van der Waals surface area (Å²) in [4.78, 5) is 6.86. The van der Waals surface area contributed by atoms with E-state index >= 15 is 0 Å². The molecule has 5 rings (SSSR count). The van der Waals surface area contributed by atoms with Gasteiger partial charge in [0.1, 0.15) is 0 Å². The smallest absolute Gasteiger partial charge is 0.231 e. The largest absolute Gasteiger partial charge is 0.375 e. The second-order valence-corrected chi connectivity index (χ2v) is 8.15. The van der Waals surface area contributed by atoms with Gasteiger partial charge in [-0.25, -0.2) is 4.98 Å². The Labute approximate surface area is 160 Å². The Bertz CT molecular complexity index is 1060. The maximum absolute atomic E-state index is 4.55. The predicted molar refractivity (Wildman–Crippen MR) is 111 cm³/mol. The number of azo groups is 1. The first kappa shape index (κ1) is 16.4. The van der Waals surface area contributed by atoms with Crippen LogP contribution in [0.1, 0.15) is 19.3 Å². The lowest BCUT2D eigenvalue weighted by molar-refractivity contribution is 0.711. The minimum absolute atomic E-state index is 0.663. The Morgan fingerprint density at radius 3 is 2.85 bits per heavy atom. The molecule has 0 aliphatic heterocycles. The van der Waals surface area contributed by atoms with Crippen LogP contribution in [0.15, 0.2) is 52.8 Å². The summed E-state index contributed by atoms with van der Waals surface area (Å²) in [6.07, 6.45) is 5.93. The third-order valence-corrected chi connectivity index (χ3v) is 5.95. The molecule has 0 spiro atoms. The molecule has 0 atom stereocenters. The van der Waals surface area contributed by atoms with Crippen molar-refractivity contribution in [3.8, 4) is 0 Å². The number of hydrogen-bond donors (Lipinski definition) is 1. The second kappa shape index (κ2) is 6.74. The average Bonchev–Trinajstić information content (AvgIpc) is 3.27. The molecule has 0 radical (unpaired) electrons. The van der Waals surface area contributed by atoms with Crippen molar-refractivity contribution in [3.05, 3.63) is 42.6 Å². The Kier molecular flexibility index (Phi) is 4.09. The number of anilines is 1. The first-order chi connectivity index (χ1) is 13.2. The van der Waals surface area contributed by atoms with Gasteiger partial charge in [0.2, 0.25) is 5.13 Å². The number of nitrogens with one attached hydrogen (secondary N) is 1. The SMILES string of the molecule is CN(CCC1CC1)c1ccc(N=Nc2nc3cc4[nH]ncc4cc3s2)cc1. The molecular weight excluding hydrogens is 356 g/mol. The molecule has 2 heterocycles. The van der Waals surface area contributed by atoms with Gasteiger partial charge in [-0.1, -0.05) is 24.2 Å². The molecule has 2 aromatic heterocycles. The van der Waals surface area contributed by atoms with Crippen LogP contribution >= 0.6 is 11.3 Å². The van der Waals surface area contributed by atoms with Crippen molar-refractivity contribution in [2.45, 2.75) is 19.3 Å². The van der Waals surface area contributed by atoms with Gasteiger partial charge in [-0.15, -0.1) is 10.2 Å². The van der Waals surface area contributed by atoms with Gasteiger partial charge in [0.25, 0.3) is 0 Å². The molecule has 2 aromatic carbocycles. The molecule has 136 valence electrons. The van der Waals surface area contributed by atoms with Crippen molar-refractivity contribution in [3.63, 3.8) is 0 Å². The van der Waals surface area contributed by atoms with Crippen molar-refractivity contribution >= 4 is 49.0 Å². The van der Waals surface area contributed by atoms with Gasteiger partial charge in [-0.3, -0.25) is 5.10 Å². The monoisotopic (exact) mass is 376 g/mol. The summed E-state index contributed by atoms with van der Waals surface area (Å²) < 4.78 is 1.09. The first-order valence-corrected chi connectivity index (χ1v) is 10.0. The molecule has 0 amide bonds. The molecule has 6 nitrogen and oxygen atoms in total. The summed E-state index contributed by atoms with van der Waals surface area (Å²) >= 11 is 1.54. The lowest BCUT2D eigenvalue weighted by Gasteiger charge is -2.19. The molecule has 27 heavy (non-hydrogen) atoms. The maximum atomic E-state index is 4.55. The van der Waals surface area contributed by atoms with E-state index in [0.29, 0.717) is 5.13 Å². The number of benzene rings is 2. The number of thiazole rings is 1. The van der Waals surface area contributed by atoms with Crippen LogP contribution in [0.2, 0.25) is 0 Å². The Morgan fingerprint density at radius 2 is 2.04 bits per heavy atom. The van der Waals surface area contributed by atoms with Gasteiger partial charge in [0.15, 0.2) is 0 Å². The maximum Gasteiger partial charge on any atom is 0.231 e. The fourth-order valence-corrected chi connectivity index (χ4v) is 4.00. The zero-order valence-corrected chi connectivity index (χ0v) is 15.9. The zero-order valence-electron chi connectivity index (χ0n) is 15.1. The van der Waals surface area contributed by atoms with E-state index in [1.165, 1.54) is 36.3 Å². The number of H-pyrrole nitrogens is 1. The van der Waals surface area contributed by atoms with Crippen LogP contribution < -0.4 is 4.90 Å². The molecule has 1 saturated carbocycles. The van der Waals surface area contributed by atoms with E-state index in [4.69, 9.17) is 0 Å². The number of aromatic nitrogens is 3. The fourth-order valence-electron chi connectivity index (χ4n) is 3.18. The van der Waals surface area contributed by atoms with Gasteiger partial charge < -0.3 is 4.90 Å². The molecule has 4 aromatic rings. The Hall–Kier alpha value is -2.80. The Morgan fingerprint density at radius 1 is 1.19 bits per heavy atom. The van der Waals surface area contributed by atoms with Crippen LogP contribution in [0.3, 0.4) is 0 Å². The molecule has 1 N–H and O–H groups in total. The highest BCUT2D eigenvalue weighted by Gasteiger charge is 2.21. The van der Waals surface area contributed by atoms with Crippen LogP contribution in [-0.4, -0.2) is 28.8 Å². The van der Waals surface area contributed by atoms with Gasteiger partial charge in [0, 0.05) is 24.7 Å². The van der Waals surface area contributed by atoms with E-state index < -0.39 is 0 Å². The first-order valence-electron chi connectivity index (χ1n) is 9.21. The quantitative estimate of drug-likeness (QED) is 0.431.